The molecule has 0 radical (unpaired) electrons. The number of hydrogen-bond acceptors (Lipinski definition) is 3. The Balaban J connectivity index is 1.59. The topological polar surface area (TPSA) is 49.8 Å². The Morgan fingerprint density at radius 3 is 1.78 bits per heavy atom. The van der Waals surface area contributed by atoms with E-state index in [1.807, 2.05) is 12.1 Å². The molecule has 3 aromatic rings. The van der Waals surface area contributed by atoms with Crippen LogP contribution in [0.3, 0.4) is 0 Å². The Labute approximate surface area is 159 Å². The Bertz CT molecular complexity index is 791. The molecule has 0 saturated heterocycles. The molecule has 0 aromatic heterocycles. The lowest BCUT2D eigenvalue weighted by Gasteiger charge is -2.23. The third-order valence-corrected chi connectivity index (χ3v) is 4.28. The number of hydrogen-bond donors (Lipinski definition) is 1. The molecule has 0 heterocycles. The van der Waals surface area contributed by atoms with Crippen LogP contribution in [-0.2, 0) is 13.1 Å². The van der Waals surface area contributed by atoms with E-state index in [0.717, 1.165) is 19.6 Å². The highest BCUT2D eigenvalue weighted by Crippen LogP contribution is 2.14. The average Bonchev–Trinajstić information content (AvgIpc) is 2.70. The number of rotatable bonds is 9. The predicted molar refractivity (Wildman–Crippen MR) is 106 cm³/mol. The van der Waals surface area contributed by atoms with Gasteiger partial charge in [-0.15, -0.1) is 0 Å². The van der Waals surface area contributed by atoms with Gasteiger partial charge in [-0.2, -0.15) is 0 Å². The number of benzene rings is 3. The van der Waals surface area contributed by atoms with E-state index in [4.69, 9.17) is 9.84 Å². The maximum atomic E-state index is 10.9. The third-order valence-electron chi connectivity index (χ3n) is 4.28. The highest BCUT2D eigenvalue weighted by atomic mass is 16.5. The van der Waals surface area contributed by atoms with Crippen molar-refractivity contribution in [3.05, 3.63) is 102 Å². The zero-order valence-electron chi connectivity index (χ0n) is 15.1. The standard InChI is InChI=1S/C23H23NO3/c25-23(26)21-11-13-22(14-12-21)27-16-15-24(17-19-7-3-1-4-8-19)18-20-9-5-2-6-10-20/h1-14H,15-18H2,(H,25,26). The van der Waals surface area contributed by atoms with E-state index in [-0.39, 0.29) is 5.56 Å². The fourth-order valence-electron chi connectivity index (χ4n) is 2.88. The molecule has 4 heteroatoms. The summed E-state index contributed by atoms with van der Waals surface area (Å²) in [5.74, 6) is -0.252. The minimum absolute atomic E-state index is 0.261. The van der Waals surface area contributed by atoms with Crippen LogP contribution in [-0.4, -0.2) is 29.1 Å². The fourth-order valence-corrected chi connectivity index (χ4v) is 2.88. The van der Waals surface area contributed by atoms with E-state index in [1.54, 1.807) is 24.3 Å². The zero-order chi connectivity index (χ0) is 18.9. The smallest absolute Gasteiger partial charge is 0.335 e. The summed E-state index contributed by atoms with van der Waals surface area (Å²) in [6, 6.07) is 27.3. The second-order valence-electron chi connectivity index (χ2n) is 6.36. The summed E-state index contributed by atoms with van der Waals surface area (Å²) in [7, 11) is 0. The Hall–Kier alpha value is -3.11. The molecule has 0 amide bonds. The van der Waals surface area contributed by atoms with Crippen LogP contribution in [0.5, 0.6) is 5.75 Å². The van der Waals surface area contributed by atoms with E-state index >= 15 is 0 Å². The maximum Gasteiger partial charge on any atom is 0.335 e. The van der Waals surface area contributed by atoms with Gasteiger partial charge in [0, 0.05) is 19.6 Å². The van der Waals surface area contributed by atoms with Crippen LogP contribution in [0.15, 0.2) is 84.9 Å². The third kappa shape index (κ3) is 5.97. The van der Waals surface area contributed by atoms with Gasteiger partial charge in [0.15, 0.2) is 0 Å². The van der Waals surface area contributed by atoms with Crippen LogP contribution < -0.4 is 4.74 Å². The molecule has 0 atom stereocenters. The largest absolute Gasteiger partial charge is 0.492 e. The molecule has 0 aliphatic carbocycles. The second kappa shape index (κ2) is 9.55. The van der Waals surface area contributed by atoms with E-state index in [1.165, 1.54) is 11.1 Å². The Morgan fingerprint density at radius 1 is 0.778 bits per heavy atom. The quantitative estimate of drug-likeness (QED) is 0.611. The summed E-state index contributed by atoms with van der Waals surface area (Å²) in [4.78, 5) is 13.3. The normalized spacial score (nSPS) is 10.7. The van der Waals surface area contributed by atoms with Crippen molar-refractivity contribution in [3.63, 3.8) is 0 Å². The minimum Gasteiger partial charge on any atom is -0.492 e. The highest BCUT2D eigenvalue weighted by molar-refractivity contribution is 5.87. The van der Waals surface area contributed by atoms with Crippen LogP contribution >= 0.6 is 0 Å². The number of ether oxygens (including phenoxy) is 1. The van der Waals surface area contributed by atoms with Gasteiger partial charge in [-0.1, -0.05) is 60.7 Å². The molecule has 0 aliphatic heterocycles. The van der Waals surface area contributed by atoms with Gasteiger partial charge in [0.1, 0.15) is 12.4 Å². The number of carboxylic acid groups (broad SMARTS) is 1. The first-order valence-corrected chi connectivity index (χ1v) is 8.97. The molecule has 4 nitrogen and oxygen atoms in total. The predicted octanol–water partition coefficient (Wildman–Crippen LogP) is 4.47. The maximum absolute atomic E-state index is 10.9. The Kier molecular flexibility index (Phi) is 6.61. The van der Waals surface area contributed by atoms with E-state index in [0.29, 0.717) is 12.4 Å². The van der Waals surface area contributed by atoms with Crippen molar-refractivity contribution >= 4 is 5.97 Å². The number of nitrogens with zero attached hydrogens (tertiary/aromatic N) is 1. The molecule has 138 valence electrons. The summed E-state index contributed by atoms with van der Waals surface area (Å²) >= 11 is 0. The summed E-state index contributed by atoms with van der Waals surface area (Å²) in [6.45, 7) is 2.99. The number of aromatic carboxylic acids is 1. The van der Waals surface area contributed by atoms with Crippen molar-refractivity contribution in [1.82, 2.24) is 4.90 Å². The van der Waals surface area contributed by atoms with Gasteiger partial charge in [-0.05, 0) is 35.4 Å². The van der Waals surface area contributed by atoms with Gasteiger partial charge >= 0.3 is 5.97 Å². The SMILES string of the molecule is O=C(O)c1ccc(OCCN(Cc2ccccc2)Cc2ccccc2)cc1. The summed E-state index contributed by atoms with van der Waals surface area (Å²) in [5, 5.41) is 8.96. The average molecular weight is 361 g/mol. The van der Waals surface area contributed by atoms with Crippen LogP contribution in [0, 0.1) is 0 Å². The molecule has 0 saturated carbocycles. The minimum atomic E-state index is -0.932. The van der Waals surface area contributed by atoms with Gasteiger partial charge in [0.2, 0.25) is 0 Å². The van der Waals surface area contributed by atoms with Crippen LogP contribution in [0.1, 0.15) is 21.5 Å². The van der Waals surface area contributed by atoms with Gasteiger partial charge in [0.25, 0.3) is 0 Å². The highest BCUT2D eigenvalue weighted by Gasteiger charge is 2.08. The molecule has 0 aliphatic rings. The van der Waals surface area contributed by atoms with Gasteiger partial charge in [-0.25, -0.2) is 4.79 Å². The molecule has 3 aromatic carbocycles. The van der Waals surface area contributed by atoms with E-state index < -0.39 is 5.97 Å². The van der Waals surface area contributed by atoms with Crippen molar-refractivity contribution in [1.29, 1.82) is 0 Å². The van der Waals surface area contributed by atoms with Crippen LogP contribution in [0.2, 0.25) is 0 Å². The second-order valence-corrected chi connectivity index (χ2v) is 6.36. The van der Waals surface area contributed by atoms with Crippen molar-refractivity contribution in [3.8, 4) is 5.75 Å². The van der Waals surface area contributed by atoms with Crippen LogP contribution in [0.4, 0.5) is 0 Å². The first-order valence-electron chi connectivity index (χ1n) is 8.97. The first kappa shape index (κ1) is 18.7. The number of carbonyl (C=O) groups is 1. The zero-order valence-corrected chi connectivity index (χ0v) is 15.1. The van der Waals surface area contributed by atoms with Crippen molar-refractivity contribution in [2.24, 2.45) is 0 Å². The summed E-state index contributed by atoms with van der Waals surface area (Å²) < 4.78 is 5.81. The molecular weight excluding hydrogens is 338 g/mol. The lowest BCUT2D eigenvalue weighted by Crippen LogP contribution is -2.27. The lowest BCUT2D eigenvalue weighted by atomic mass is 10.1. The summed E-state index contributed by atoms with van der Waals surface area (Å²) in [6.07, 6.45) is 0. The summed E-state index contributed by atoms with van der Waals surface area (Å²) in [5.41, 5.74) is 2.79. The van der Waals surface area contributed by atoms with Gasteiger partial charge in [-0.3, -0.25) is 4.90 Å². The Morgan fingerprint density at radius 2 is 1.30 bits per heavy atom. The van der Waals surface area contributed by atoms with Crippen molar-refractivity contribution in [2.45, 2.75) is 13.1 Å². The molecule has 0 fully saturated rings. The fraction of sp³-hybridized carbons (Fsp3) is 0.174. The van der Waals surface area contributed by atoms with Gasteiger partial charge < -0.3 is 9.84 Å². The lowest BCUT2D eigenvalue weighted by molar-refractivity contribution is 0.0697. The molecule has 0 bridgehead atoms. The molecule has 1 N–H and O–H groups in total. The molecule has 3 rings (SSSR count). The molecular formula is C23H23NO3. The molecule has 0 unspecified atom stereocenters. The molecule has 0 spiro atoms. The van der Waals surface area contributed by atoms with Gasteiger partial charge in [0.05, 0.1) is 5.56 Å². The van der Waals surface area contributed by atoms with Crippen molar-refractivity contribution < 1.29 is 14.6 Å². The number of carboxylic acids is 1. The van der Waals surface area contributed by atoms with Crippen LogP contribution in [0.25, 0.3) is 0 Å². The monoisotopic (exact) mass is 361 g/mol. The van der Waals surface area contributed by atoms with E-state index in [2.05, 4.69) is 53.4 Å². The van der Waals surface area contributed by atoms with E-state index in [9.17, 15) is 4.79 Å². The molecule has 27 heavy (non-hydrogen) atoms. The van der Waals surface area contributed by atoms with Crippen molar-refractivity contribution in [2.75, 3.05) is 13.2 Å². The first-order chi connectivity index (χ1) is 13.2.